The smallest absolute Gasteiger partial charge is 0.292 e. The van der Waals surface area contributed by atoms with Gasteiger partial charge < -0.3 is 14.6 Å². The first-order valence-electron chi connectivity index (χ1n) is 15.7. The Morgan fingerprint density at radius 1 is 0.761 bits per heavy atom. The highest BCUT2D eigenvalue weighted by Crippen LogP contribution is 2.59. The number of allylic oxidation sites excluding steroid dienone is 6. The molecule has 0 aliphatic heterocycles. The number of fused-ring (bicyclic) bond motifs is 3. The molecule has 5 nitrogen and oxygen atoms in total. The number of nitriles is 2. The van der Waals surface area contributed by atoms with Crippen molar-refractivity contribution in [2.75, 3.05) is 0 Å². The Kier molecular flexibility index (Phi) is 8.27. The van der Waals surface area contributed by atoms with E-state index in [1.165, 1.54) is 5.57 Å². The fraction of sp³-hybridized carbons (Fsp3) is 0.220. The molecule has 0 spiro atoms. The van der Waals surface area contributed by atoms with E-state index in [0.717, 1.165) is 50.9 Å². The molecule has 228 valence electrons. The fourth-order valence-corrected chi connectivity index (χ4v) is 7.38. The molecule has 0 saturated carbocycles. The molecular formula is C41H36N2O3. The highest BCUT2D eigenvalue weighted by molar-refractivity contribution is 5.95. The van der Waals surface area contributed by atoms with Crippen molar-refractivity contribution in [1.82, 2.24) is 0 Å². The quantitative estimate of drug-likeness (QED) is 0.202. The summed E-state index contributed by atoms with van der Waals surface area (Å²) in [6.45, 7) is 8.43. The predicted molar refractivity (Wildman–Crippen MR) is 180 cm³/mol. The van der Waals surface area contributed by atoms with Gasteiger partial charge >= 0.3 is 0 Å². The molecular weight excluding hydrogens is 568 g/mol. The van der Waals surface area contributed by atoms with E-state index in [1.807, 2.05) is 42.8 Å². The maximum Gasteiger partial charge on any atom is 0.292 e. The maximum absolute atomic E-state index is 11.0. The second kappa shape index (κ2) is 12.5. The minimum Gasteiger partial charge on any atom is -0.508 e. The van der Waals surface area contributed by atoms with E-state index < -0.39 is 5.41 Å². The van der Waals surface area contributed by atoms with E-state index >= 15 is 0 Å². The molecule has 1 N–H and O–H groups in total. The zero-order valence-corrected chi connectivity index (χ0v) is 26.5. The fourth-order valence-electron chi connectivity index (χ4n) is 7.38. The molecule has 4 aromatic rings. The normalized spacial score (nSPS) is 17.2. The molecule has 5 heteroatoms. The van der Waals surface area contributed by atoms with E-state index in [4.69, 9.17) is 9.47 Å². The van der Waals surface area contributed by atoms with Gasteiger partial charge in [0.25, 0.3) is 12.5 Å². The first-order chi connectivity index (χ1) is 22.3. The molecule has 0 aromatic heterocycles. The SMILES string of the molecule is CC(C)c1cc(C2(c3ccc(OC#N)c(C(c4ccccc4O)C(C)C)c3)C3=CCC=CC=C3c3ccccc32)ccc1OC#N. The number of rotatable bonds is 8. The summed E-state index contributed by atoms with van der Waals surface area (Å²) in [5, 5.41) is 30.1. The van der Waals surface area contributed by atoms with Gasteiger partial charge in [-0.15, -0.1) is 10.5 Å². The van der Waals surface area contributed by atoms with Gasteiger partial charge in [-0.25, -0.2) is 0 Å². The average Bonchev–Trinajstić information content (AvgIpc) is 3.15. The molecule has 2 atom stereocenters. The first-order valence-corrected chi connectivity index (χ1v) is 15.7. The van der Waals surface area contributed by atoms with Crippen molar-refractivity contribution in [1.29, 1.82) is 10.5 Å². The van der Waals surface area contributed by atoms with Crippen molar-refractivity contribution in [3.8, 4) is 29.8 Å². The van der Waals surface area contributed by atoms with E-state index in [9.17, 15) is 15.6 Å². The van der Waals surface area contributed by atoms with Crippen LogP contribution >= 0.6 is 0 Å². The summed E-state index contributed by atoms with van der Waals surface area (Å²) >= 11 is 0. The zero-order chi connectivity index (χ0) is 32.4. The van der Waals surface area contributed by atoms with Gasteiger partial charge in [-0.3, -0.25) is 0 Å². The highest BCUT2D eigenvalue weighted by Gasteiger charge is 2.49. The Labute approximate surface area is 271 Å². The Morgan fingerprint density at radius 3 is 2.04 bits per heavy atom. The highest BCUT2D eigenvalue weighted by atomic mass is 16.5. The maximum atomic E-state index is 11.0. The molecule has 2 unspecified atom stereocenters. The number of benzene rings is 4. The van der Waals surface area contributed by atoms with E-state index in [1.54, 1.807) is 6.07 Å². The molecule has 0 fully saturated rings. The standard InChI is InChI=1S/C41H36N2O3/c1-26(2)33-22-28(18-20-38(33)45-24-42)41(35-15-7-5-6-12-30(35)31-13-8-10-16-36(31)41)29-19-21-39(46-25-43)34(23-29)40(27(3)4)32-14-9-11-17-37(32)44/h5-6,8-23,26-27,40,44H,7H2,1-4H3. The van der Waals surface area contributed by atoms with Crippen LogP contribution in [0.25, 0.3) is 5.57 Å². The summed E-state index contributed by atoms with van der Waals surface area (Å²) < 4.78 is 11.0. The molecule has 0 saturated heterocycles. The molecule has 4 aromatic carbocycles. The lowest BCUT2D eigenvalue weighted by Gasteiger charge is -2.36. The number of aromatic hydroxyl groups is 1. The van der Waals surface area contributed by atoms with E-state index in [-0.39, 0.29) is 23.5 Å². The van der Waals surface area contributed by atoms with Crippen LogP contribution in [0.5, 0.6) is 17.2 Å². The van der Waals surface area contributed by atoms with Crippen molar-refractivity contribution in [3.63, 3.8) is 0 Å². The summed E-state index contributed by atoms with van der Waals surface area (Å²) in [5.41, 5.74) is 8.51. The van der Waals surface area contributed by atoms with Crippen LogP contribution in [0.2, 0.25) is 0 Å². The van der Waals surface area contributed by atoms with Gasteiger partial charge in [0.2, 0.25) is 0 Å². The molecule has 0 radical (unpaired) electrons. The number of nitrogens with zero attached hydrogens (tertiary/aromatic N) is 2. The summed E-state index contributed by atoms with van der Waals surface area (Å²) in [5.74, 6) is 1.13. The third-order valence-corrected chi connectivity index (χ3v) is 9.26. The molecule has 0 amide bonds. The molecule has 2 aliphatic carbocycles. The number of phenolic OH excluding ortho intramolecular Hbond substituents is 1. The van der Waals surface area contributed by atoms with Gasteiger partial charge in [0.05, 0.1) is 5.41 Å². The largest absolute Gasteiger partial charge is 0.508 e. The van der Waals surface area contributed by atoms with Crippen LogP contribution in [0.1, 0.15) is 84.9 Å². The van der Waals surface area contributed by atoms with Gasteiger partial charge in [-0.2, -0.15) is 0 Å². The minimum atomic E-state index is -0.733. The van der Waals surface area contributed by atoms with Gasteiger partial charge in [-0.1, -0.05) is 113 Å². The monoisotopic (exact) mass is 604 g/mol. The van der Waals surface area contributed by atoms with Crippen molar-refractivity contribution < 1.29 is 14.6 Å². The Hall–Kier alpha value is -5.52. The van der Waals surface area contributed by atoms with Crippen molar-refractivity contribution in [3.05, 3.63) is 154 Å². The first kappa shape index (κ1) is 30.5. The topological polar surface area (TPSA) is 86.3 Å². The third-order valence-electron chi connectivity index (χ3n) is 9.26. The van der Waals surface area contributed by atoms with Gasteiger partial charge in [0, 0.05) is 17.0 Å². The van der Waals surface area contributed by atoms with Crippen LogP contribution in [0.4, 0.5) is 0 Å². The predicted octanol–water partition coefficient (Wildman–Crippen LogP) is 9.64. The number of phenols is 1. The molecule has 46 heavy (non-hydrogen) atoms. The van der Waals surface area contributed by atoms with Crippen LogP contribution < -0.4 is 9.47 Å². The summed E-state index contributed by atoms with van der Waals surface area (Å²) in [4.78, 5) is 0. The molecule has 0 heterocycles. The van der Waals surface area contributed by atoms with E-state index in [0.29, 0.717) is 11.5 Å². The Balaban J connectivity index is 1.73. The van der Waals surface area contributed by atoms with Crippen LogP contribution in [0.3, 0.4) is 0 Å². The lowest BCUT2D eigenvalue weighted by atomic mass is 9.66. The average molecular weight is 605 g/mol. The van der Waals surface area contributed by atoms with Crippen LogP contribution in [0.15, 0.2) is 115 Å². The Morgan fingerprint density at radius 2 is 1.39 bits per heavy atom. The summed E-state index contributed by atoms with van der Waals surface area (Å²) in [7, 11) is 0. The van der Waals surface area contributed by atoms with Crippen molar-refractivity contribution >= 4 is 5.57 Å². The zero-order valence-electron chi connectivity index (χ0n) is 26.5. The Bertz CT molecular complexity index is 1990. The van der Waals surface area contributed by atoms with Crippen molar-refractivity contribution in [2.45, 2.75) is 51.4 Å². The second-order valence-corrected chi connectivity index (χ2v) is 12.5. The minimum absolute atomic E-state index is 0.0723. The molecule has 0 bridgehead atoms. The number of hydrogen-bond donors (Lipinski definition) is 1. The third kappa shape index (κ3) is 4.95. The summed E-state index contributed by atoms with van der Waals surface area (Å²) in [6.07, 6.45) is 13.3. The lowest BCUT2D eigenvalue weighted by molar-refractivity contribution is 0.444. The van der Waals surface area contributed by atoms with Gasteiger partial charge in [0.15, 0.2) is 0 Å². The number of hydrogen-bond acceptors (Lipinski definition) is 5. The van der Waals surface area contributed by atoms with E-state index in [2.05, 4.69) is 101 Å². The summed E-state index contributed by atoms with van der Waals surface area (Å²) in [6, 6.07) is 28.2. The molecule has 2 aliphatic rings. The van der Waals surface area contributed by atoms with Crippen LogP contribution in [-0.4, -0.2) is 5.11 Å². The van der Waals surface area contributed by atoms with Gasteiger partial charge in [-0.05, 0) is 81.5 Å². The number of ether oxygens (including phenoxy) is 2. The van der Waals surface area contributed by atoms with Crippen LogP contribution in [0, 0.1) is 29.0 Å². The molecule has 6 rings (SSSR count). The second-order valence-electron chi connectivity index (χ2n) is 12.5. The number of para-hydroxylation sites is 1. The van der Waals surface area contributed by atoms with Crippen LogP contribution in [-0.2, 0) is 5.41 Å². The lowest BCUT2D eigenvalue weighted by Crippen LogP contribution is -2.29. The van der Waals surface area contributed by atoms with Gasteiger partial charge in [0.1, 0.15) is 17.2 Å². The van der Waals surface area contributed by atoms with Crippen molar-refractivity contribution in [2.24, 2.45) is 5.92 Å².